The van der Waals surface area contributed by atoms with Gasteiger partial charge in [-0.25, -0.2) is 4.79 Å². The average Bonchev–Trinajstić information content (AvgIpc) is 3.63. The monoisotopic (exact) mass is 561 g/mol. The van der Waals surface area contributed by atoms with Gasteiger partial charge >= 0.3 is 12.1 Å². The third kappa shape index (κ3) is 7.19. The Morgan fingerprint density at radius 1 is 1.00 bits per heavy atom. The van der Waals surface area contributed by atoms with Crippen molar-refractivity contribution in [3.8, 4) is 0 Å². The van der Waals surface area contributed by atoms with Crippen LogP contribution >= 0.6 is 0 Å². The van der Waals surface area contributed by atoms with Crippen LogP contribution in [0.4, 0.5) is 13.2 Å². The molecule has 0 aromatic heterocycles. The molecule has 1 aliphatic carbocycles. The number of nitrogens with two attached hydrogens (primary N) is 1. The number of benzene rings is 2. The van der Waals surface area contributed by atoms with Crippen molar-refractivity contribution in [1.29, 1.82) is 0 Å². The number of aliphatic carboxylic acids is 1. The van der Waals surface area contributed by atoms with Crippen LogP contribution in [-0.2, 0) is 16.1 Å². The molecule has 2 amide bonds. The average molecular weight is 562 g/mol. The maximum absolute atomic E-state index is 13.0. The molecule has 0 spiro atoms. The molecule has 1 unspecified atom stereocenters. The van der Waals surface area contributed by atoms with Gasteiger partial charge in [0.15, 0.2) is 0 Å². The van der Waals surface area contributed by atoms with Crippen LogP contribution < -0.4 is 5.73 Å². The Morgan fingerprint density at radius 2 is 1.60 bits per heavy atom. The number of hydrogen-bond donors (Lipinski definition) is 3. The number of hydrogen-bond acceptors (Lipinski definition) is 5. The lowest BCUT2D eigenvalue weighted by Crippen LogP contribution is -2.48. The number of carbonyl (C=O) groups is 3. The number of rotatable bonds is 8. The third-order valence-electron chi connectivity index (χ3n) is 8.02. The van der Waals surface area contributed by atoms with E-state index in [1.165, 1.54) is 18.4 Å². The van der Waals surface area contributed by atoms with E-state index in [0.29, 0.717) is 49.5 Å². The van der Waals surface area contributed by atoms with Crippen molar-refractivity contribution in [2.45, 2.75) is 74.8 Å². The topological polar surface area (TPSA) is 124 Å². The number of piperidine rings is 1. The van der Waals surface area contributed by atoms with Gasteiger partial charge in [-0.15, -0.1) is 0 Å². The summed E-state index contributed by atoms with van der Waals surface area (Å²) in [5.41, 5.74) is 7.22. The van der Waals surface area contributed by atoms with Gasteiger partial charge in [-0.2, -0.15) is 13.2 Å². The molecule has 3 atom stereocenters. The minimum absolute atomic E-state index is 0.128. The number of fused-ring (bicyclic) bond motifs is 2. The Balaban J connectivity index is 0.000000470. The third-order valence-corrected chi connectivity index (χ3v) is 8.02. The molecule has 2 heterocycles. The fourth-order valence-electron chi connectivity index (χ4n) is 5.78. The lowest BCUT2D eigenvalue weighted by atomic mass is 9.84. The summed E-state index contributed by atoms with van der Waals surface area (Å²) in [7, 11) is 0. The van der Waals surface area contributed by atoms with Crippen LogP contribution in [0.5, 0.6) is 0 Å². The molecule has 2 aromatic rings. The van der Waals surface area contributed by atoms with Crippen molar-refractivity contribution >= 4 is 17.8 Å². The van der Waals surface area contributed by atoms with Gasteiger partial charge in [-0.1, -0.05) is 42.5 Å². The van der Waals surface area contributed by atoms with E-state index in [1.54, 1.807) is 6.07 Å². The number of carboxylic acid groups (broad SMARTS) is 1. The first-order valence-corrected chi connectivity index (χ1v) is 13.4. The number of aliphatic hydroxyl groups is 1. The zero-order chi connectivity index (χ0) is 29.1. The van der Waals surface area contributed by atoms with Crippen LogP contribution in [0.3, 0.4) is 0 Å². The Morgan fingerprint density at radius 3 is 2.12 bits per heavy atom. The number of halogens is 3. The van der Waals surface area contributed by atoms with Gasteiger partial charge in [0.25, 0.3) is 5.91 Å². The Hall–Kier alpha value is -3.44. The van der Waals surface area contributed by atoms with E-state index in [9.17, 15) is 27.9 Å². The SMILES string of the molecule is NC(=O)c1cccc(C2C[C@H]3CC[C@@H](C2)N3CCN(Cc2ccccc2)C(=O)C2(O)CC2)c1.O=C(O)C(F)(F)F. The van der Waals surface area contributed by atoms with Crippen molar-refractivity contribution in [2.75, 3.05) is 13.1 Å². The van der Waals surface area contributed by atoms with Crippen molar-refractivity contribution in [2.24, 2.45) is 5.73 Å². The first kappa shape index (κ1) is 29.5. The van der Waals surface area contributed by atoms with E-state index in [4.69, 9.17) is 15.6 Å². The molecule has 216 valence electrons. The second-order valence-electron chi connectivity index (χ2n) is 10.8. The Labute approximate surface area is 230 Å². The zero-order valence-electron chi connectivity index (χ0n) is 22.0. The van der Waals surface area contributed by atoms with Crippen molar-refractivity contribution in [3.63, 3.8) is 0 Å². The van der Waals surface area contributed by atoms with Crippen molar-refractivity contribution in [3.05, 3.63) is 71.3 Å². The van der Waals surface area contributed by atoms with Gasteiger partial charge in [-0.3, -0.25) is 14.5 Å². The summed E-state index contributed by atoms with van der Waals surface area (Å²) in [6, 6.07) is 18.8. The minimum Gasteiger partial charge on any atom is -0.475 e. The summed E-state index contributed by atoms with van der Waals surface area (Å²) >= 11 is 0. The Kier molecular flexibility index (Phi) is 8.84. The molecule has 2 aromatic carbocycles. The van der Waals surface area contributed by atoms with E-state index in [2.05, 4.69) is 11.0 Å². The fourth-order valence-corrected chi connectivity index (χ4v) is 5.78. The second kappa shape index (κ2) is 12.0. The maximum Gasteiger partial charge on any atom is 0.490 e. The van der Waals surface area contributed by atoms with E-state index in [1.807, 2.05) is 47.4 Å². The zero-order valence-corrected chi connectivity index (χ0v) is 22.0. The Bertz CT molecular complexity index is 1200. The molecular weight excluding hydrogens is 527 g/mol. The molecule has 8 nitrogen and oxygen atoms in total. The number of carbonyl (C=O) groups excluding carboxylic acids is 2. The van der Waals surface area contributed by atoms with Crippen LogP contribution in [0, 0.1) is 0 Å². The van der Waals surface area contributed by atoms with Crippen molar-refractivity contribution < 1.29 is 37.8 Å². The number of primary amides is 1. The summed E-state index contributed by atoms with van der Waals surface area (Å²) in [4.78, 5) is 38.0. The predicted molar refractivity (Wildman–Crippen MR) is 140 cm³/mol. The predicted octanol–water partition coefficient (Wildman–Crippen LogP) is 3.68. The molecule has 3 fully saturated rings. The fraction of sp³-hybridized carbons (Fsp3) is 0.483. The smallest absolute Gasteiger partial charge is 0.475 e. The molecule has 0 radical (unpaired) electrons. The molecular formula is C29H34F3N3O5. The van der Waals surface area contributed by atoms with E-state index < -0.39 is 17.7 Å². The summed E-state index contributed by atoms with van der Waals surface area (Å²) in [5.74, 6) is -2.82. The van der Waals surface area contributed by atoms with Gasteiger partial charge in [0.1, 0.15) is 5.60 Å². The molecule has 2 bridgehead atoms. The number of nitrogens with zero attached hydrogens (tertiary/aromatic N) is 2. The van der Waals surface area contributed by atoms with Gasteiger partial charge in [0.2, 0.25) is 5.91 Å². The van der Waals surface area contributed by atoms with E-state index >= 15 is 0 Å². The van der Waals surface area contributed by atoms with Crippen LogP contribution in [-0.4, -0.2) is 74.7 Å². The minimum atomic E-state index is -5.08. The largest absolute Gasteiger partial charge is 0.490 e. The summed E-state index contributed by atoms with van der Waals surface area (Å²) in [6.07, 6.45) is 0.529. The summed E-state index contributed by atoms with van der Waals surface area (Å²) in [6.45, 7) is 2.00. The molecule has 5 rings (SSSR count). The van der Waals surface area contributed by atoms with Crippen LogP contribution in [0.15, 0.2) is 54.6 Å². The number of carboxylic acids is 1. The molecule has 2 aliphatic heterocycles. The molecule has 40 heavy (non-hydrogen) atoms. The van der Waals surface area contributed by atoms with Gasteiger partial charge < -0.3 is 20.8 Å². The number of amides is 2. The summed E-state index contributed by atoms with van der Waals surface area (Å²) < 4.78 is 31.7. The van der Waals surface area contributed by atoms with Crippen LogP contribution in [0.25, 0.3) is 0 Å². The molecule has 3 aliphatic rings. The highest BCUT2D eigenvalue weighted by molar-refractivity contribution is 5.93. The molecule has 11 heteroatoms. The summed E-state index contributed by atoms with van der Waals surface area (Å²) in [5, 5.41) is 17.6. The first-order valence-electron chi connectivity index (χ1n) is 13.4. The van der Waals surface area contributed by atoms with Gasteiger partial charge in [0, 0.05) is 37.3 Å². The maximum atomic E-state index is 13.0. The normalized spacial score (nSPS) is 23.1. The van der Waals surface area contributed by atoms with Gasteiger partial charge in [0.05, 0.1) is 0 Å². The number of alkyl halides is 3. The lowest BCUT2D eigenvalue weighted by molar-refractivity contribution is -0.192. The molecule has 4 N–H and O–H groups in total. The van der Waals surface area contributed by atoms with Crippen LogP contribution in [0.2, 0.25) is 0 Å². The van der Waals surface area contributed by atoms with Crippen molar-refractivity contribution in [1.82, 2.24) is 9.80 Å². The van der Waals surface area contributed by atoms with E-state index in [-0.39, 0.29) is 11.8 Å². The quantitative estimate of drug-likeness (QED) is 0.452. The highest BCUT2D eigenvalue weighted by Gasteiger charge is 2.50. The standard InChI is InChI=1S/C27H33N3O3.C2HF3O2/c28-25(31)21-8-4-7-20(15-21)22-16-23-9-10-24(17-22)30(23)14-13-29(26(32)27(33)11-12-27)18-19-5-2-1-3-6-19;3-2(4,5)1(6)7/h1-8,15,22-24,33H,9-14,16-18H2,(H2,28,31);(H,6,7)/t22?,23-,24+;. The van der Waals surface area contributed by atoms with E-state index in [0.717, 1.165) is 24.9 Å². The first-order chi connectivity index (χ1) is 18.9. The molecule has 1 saturated carbocycles. The van der Waals surface area contributed by atoms with Crippen LogP contribution in [0.1, 0.15) is 65.9 Å². The molecule has 2 saturated heterocycles. The lowest BCUT2D eigenvalue weighted by Gasteiger charge is -2.40. The van der Waals surface area contributed by atoms with Gasteiger partial charge in [-0.05, 0) is 67.7 Å². The second-order valence-corrected chi connectivity index (χ2v) is 10.8. The highest BCUT2D eigenvalue weighted by Crippen LogP contribution is 2.43. The highest BCUT2D eigenvalue weighted by atomic mass is 19.4.